The summed E-state index contributed by atoms with van der Waals surface area (Å²) >= 11 is 0. The lowest BCUT2D eigenvalue weighted by Crippen LogP contribution is -2.49. The first-order chi connectivity index (χ1) is 10.6. The Morgan fingerprint density at radius 2 is 1.78 bits per heavy atom. The van der Waals surface area contributed by atoms with Gasteiger partial charge < -0.3 is 25.2 Å². The van der Waals surface area contributed by atoms with Crippen molar-refractivity contribution in [2.45, 2.75) is 26.3 Å². The van der Waals surface area contributed by atoms with Crippen molar-refractivity contribution in [1.82, 2.24) is 20.4 Å². The zero-order chi connectivity index (χ0) is 18.0. The van der Waals surface area contributed by atoms with Gasteiger partial charge in [-0.3, -0.25) is 9.59 Å². The third kappa shape index (κ3) is 10.5. The van der Waals surface area contributed by atoms with E-state index in [9.17, 15) is 9.59 Å². The van der Waals surface area contributed by atoms with Crippen molar-refractivity contribution in [2.24, 2.45) is 4.99 Å². The van der Waals surface area contributed by atoms with Crippen LogP contribution in [0.1, 0.15) is 20.8 Å². The molecule has 0 aliphatic carbocycles. The van der Waals surface area contributed by atoms with E-state index in [0.29, 0.717) is 19.1 Å². The van der Waals surface area contributed by atoms with Gasteiger partial charge in [0.05, 0.1) is 13.2 Å². The van der Waals surface area contributed by atoms with E-state index in [4.69, 9.17) is 4.74 Å². The summed E-state index contributed by atoms with van der Waals surface area (Å²) in [5.41, 5.74) is -0.292. The number of ether oxygens (including phenoxy) is 1. The number of nitrogens with one attached hydrogen (secondary N) is 2. The van der Waals surface area contributed by atoms with Gasteiger partial charge in [0.15, 0.2) is 5.96 Å². The maximum Gasteiger partial charge on any atom is 0.243 e. The average Bonchev–Trinajstić information content (AvgIpc) is 2.39. The number of rotatable bonds is 7. The molecular formula is C15H31N5O3. The second kappa shape index (κ2) is 10.0. The highest BCUT2D eigenvalue weighted by atomic mass is 16.5. The highest BCUT2D eigenvalue weighted by Gasteiger charge is 2.17. The molecule has 2 amide bonds. The van der Waals surface area contributed by atoms with E-state index in [1.807, 2.05) is 20.8 Å². The van der Waals surface area contributed by atoms with Crippen molar-refractivity contribution in [3.05, 3.63) is 0 Å². The van der Waals surface area contributed by atoms with Crippen molar-refractivity contribution in [3.63, 3.8) is 0 Å². The summed E-state index contributed by atoms with van der Waals surface area (Å²) in [6.07, 6.45) is 0. The lowest BCUT2D eigenvalue weighted by Gasteiger charge is -2.25. The third-order valence-electron chi connectivity index (χ3n) is 2.71. The molecule has 0 bridgehead atoms. The Hall–Kier alpha value is -1.83. The van der Waals surface area contributed by atoms with Gasteiger partial charge in [0, 0.05) is 40.3 Å². The Kier molecular flexibility index (Phi) is 9.24. The molecule has 0 aliphatic heterocycles. The Bertz CT molecular complexity index is 416. The van der Waals surface area contributed by atoms with Gasteiger partial charge in [-0.25, -0.2) is 4.99 Å². The van der Waals surface area contributed by atoms with Crippen LogP contribution in [0.5, 0.6) is 0 Å². The molecule has 0 heterocycles. The second-order valence-electron chi connectivity index (χ2n) is 6.50. The van der Waals surface area contributed by atoms with Gasteiger partial charge in [-0.05, 0) is 20.8 Å². The van der Waals surface area contributed by atoms with Gasteiger partial charge in [-0.1, -0.05) is 0 Å². The molecule has 0 saturated heterocycles. The van der Waals surface area contributed by atoms with Crippen LogP contribution in [-0.4, -0.2) is 87.6 Å². The minimum Gasteiger partial charge on any atom is -0.383 e. The molecule has 0 aliphatic rings. The zero-order valence-electron chi connectivity index (χ0n) is 15.4. The molecule has 0 spiro atoms. The summed E-state index contributed by atoms with van der Waals surface area (Å²) in [7, 11) is 6.71. The number of carbonyl (C=O) groups excluding carboxylic acids is 2. The van der Waals surface area contributed by atoms with E-state index in [2.05, 4.69) is 15.6 Å². The number of aliphatic imine (C=N–C) groups is 1. The minimum atomic E-state index is -0.292. The zero-order valence-corrected chi connectivity index (χ0v) is 15.4. The Labute approximate surface area is 139 Å². The largest absolute Gasteiger partial charge is 0.383 e. The van der Waals surface area contributed by atoms with Gasteiger partial charge in [0.1, 0.15) is 6.54 Å². The van der Waals surface area contributed by atoms with Gasteiger partial charge >= 0.3 is 0 Å². The number of hydrogen-bond donors (Lipinski definition) is 2. The number of amides is 2. The summed E-state index contributed by atoms with van der Waals surface area (Å²) < 4.78 is 4.99. The second-order valence-corrected chi connectivity index (χ2v) is 6.50. The van der Waals surface area contributed by atoms with Crippen LogP contribution < -0.4 is 10.6 Å². The molecule has 0 radical (unpaired) electrons. The fraction of sp³-hybridized carbons (Fsp3) is 0.800. The standard InChI is InChI=1S/C15H31N5O3/c1-15(2,3)18-12(21)11-20(6)14(16-8-9-23-7)17-10-13(22)19(4)5/h8-11H2,1-7H3,(H,16,17)(H,18,21). The molecular weight excluding hydrogens is 298 g/mol. The van der Waals surface area contributed by atoms with Crippen LogP contribution in [0.4, 0.5) is 0 Å². The van der Waals surface area contributed by atoms with Crippen molar-refractivity contribution < 1.29 is 14.3 Å². The fourth-order valence-corrected chi connectivity index (χ4v) is 1.61. The molecule has 0 rings (SSSR count). The monoisotopic (exact) mass is 329 g/mol. The third-order valence-corrected chi connectivity index (χ3v) is 2.71. The molecule has 134 valence electrons. The van der Waals surface area contributed by atoms with E-state index in [-0.39, 0.29) is 30.4 Å². The maximum atomic E-state index is 12.0. The number of carbonyl (C=O) groups is 2. The SMILES string of the molecule is COCCNC(=NCC(=O)N(C)C)N(C)CC(=O)NC(C)(C)C. The lowest BCUT2D eigenvalue weighted by atomic mass is 10.1. The predicted octanol–water partition coefficient (Wildman–Crippen LogP) is -0.487. The van der Waals surface area contributed by atoms with Crippen molar-refractivity contribution in [1.29, 1.82) is 0 Å². The smallest absolute Gasteiger partial charge is 0.243 e. The normalized spacial score (nSPS) is 11.9. The number of hydrogen-bond acceptors (Lipinski definition) is 4. The van der Waals surface area contributed by atoms with E-state index < -0.39 is 0 Å². The summed E-state index contributed by atoms with van der Waals surface area (Å²) in [4.78, 5) is 31.1. The van der Waals surface area contributed by atoms with Crippen LogP contribution in [0.15, 0.2) is 4.99 Å². The van der Waals surface area contributed by atoms with Crippen LogP contribution in [0.3, 0.4) is 0 Å². The van der Waals surface area contributed by atoms with Crippen LogP contribution in [0.2, 0.25) is 0 Å². The van der Waals surface area contributed by atoms with E-state index >= 15 is 0 Å². The molecule has 8 heteroatoms. The first-order valence-corrected chi connectivity index (χ1v) is 7.56. The average molecular weight is 329 g/mol. The van der Waals surface area contributed by atoms with Gasteiger partial charge in [0.25, 0.3) is 0 Å². The number of nitrogens with zero attached hydrogens (tertiary/aromatic N) is 3. The summed E-state index contributed by atoms with van der Waals surface area (Å²) in [5, 5.41) is 5.98. The molecule has 23 heavy (non-hydrogen) atoms. The van der Waals surface area contributed by atoms with Crippen molar-refractivity contribution >= 4 is 17.8 Å². The van der Waals surface area contributed by atoms with Crippen LogP contribution in [-0.2, 0) is 14.3 Å². The maximum absolute atomic E-state index is 12.0. The van der Waals surface area contributed by atoms with Crippen LogP contribution in [0.25, 0.3) is 0 Å². The molecule has 0 atom stereocenters. The molecule has 0 aromatic rings. The van der Waals surface area contributed by atoms with Gasteiger partial charge in [-0.2, -0.15) is 0 Å². The van der Waals surface area contributed by atoms with Gasteiger partial charge in [0.2, 0.25) is 11.8 Å². The minimum absolute atomic E-state index is 0.0214. The highest BCUT2D eigenvalue weighted by molar-refractivity contribution is 5.88. The van der Waals surface area contributed by atoms with Crippen molar-refractivity contribution in [3.8, 4) is 0 Å². The number of likely N-dealkylation sites (N-methyl/N-ethyl adjacent to an activating group) is 2. The molecule has 8 nitrogen and oxygen atoms in total. The highest BCUT2D eigenvalue weighted by Crippen LogP contribution is 1.98. The van der Waals surface area contributed by atoms with Gasteiger partial charge in [-0.15, -0.1) is 0 Å². The Morgan fingerprint density at radius 3 is 2.26 bits per heavy atom. The van der Waals surface area contributed by atoms with Crippen LogP contribution in [0, 0.1) is 0 Å². The quantitative estimate of drug-likeness (QED) is 0.374. The molecule has 0 aromatic heterocycles. The first-order valence-electron chi connectivity index (χ1n) is 7.56. The first kappa shape index (κ1) is 21.2. The number of methoxy groups -OCH3 is 1. The van der Waals surface area contributed by atoms with Crippen molar-refractivity contribution in [2.75, 3.05) is 54.5 Å². The molecule has 2 N–H and O–H groups in total. The summed E-state index contributed by atoms with van der Waals surface area (Å²) in [6.45, 7) is 6.98. The fourth-order valence-electron chi connectivity index (χ4n) is 1.61. The Balaban J connectivity index is 4.79. The molecule has 0 saturated carbocycles. The van der Waals surface area contributed by atoms with Crippen LogP contribution >= 0.6 is 0 Å². The molecule has 0 unspecified atom stereocenters. The van der Waals surface area contributed by atoms with E-state index in [1.165, 1.54) is 4.90 Å². The lowest BCUT2D eigenvalue weighted by molar-refractivity contribution is -0.127. The molecule has 0 aromatic carbocycles. The molecule has 0 fully saturated rings. The predicted molar refractivity (Wildman–Crippen MR) is 91.4 cm³/mol. The topological polar surface area (TPSA) is 86.3 Å². The van der Waals surface area contributed by atoms with E-state index in [1.54, 1.807) is 33.2 Å². The number of guanidine groups is 1. The summed E-state index contributed by atoms with van der Waals surface area (Å²) in [5.74, 6) is 0.269. The summed E-state index contributed by atoms with van der Waals surface area (Å²) in [6, 6.07) is 0. The van der Waals surface area contributed by atoms with E-state index in [0.717, 1.165) is 0 Å². The Morgan fingerprint density at radius 1 is 1.17 bits per heavy atom.